The second-order valence-electron chi connectivity index (χ2n) is 9.30. The number of nitrogens with one attached hydrogen (secondary N) is 3. The maximum atomic E-state index is 12.5. The summed E-state index contributed by atoms with van der Waals surface area (Å²) in [4.78, 5) is 58.8. The molecule has 3 aromatic carbocycles. The van der Waals surface area contributed by atoms with Gasteiger partial charge in [0.1, 0.15) is 17.4 Å². The molecule has 45 heavy (non-hydrogen) atoms. The van der Waals surface area contributed by atoms with Crippen LogP contribution >= 0.6 is 0 Å². The van der Waals surface area contributed by atoms with Crippen molar-refractivity contribution in [3.05, 3.63) is 80.1 Å². The monoisotopic (exact) mass is 627 g/mol. The molecule has 1 atom stereocenters. The number of carboxylic acids is 1. The first-order valence-corrected chi connectivity index (χ1v) is 15.6. The Hall–Kier alpha value is -4.67. The first-order valence-electron chi connectivity index (χ1n) is 15.6. The predicted octanol–water partition coefficient (Wildman–Crippen LogP) is 5.86. The zero-order valence-corrected chi connectivity index (χ0v) is 28.1. The molecule has 0 aromatic heterocycles. The average Bonchev–Trinajstić information content (AvgIpc) is 3.05. The highest BCUT2D eigenvalue weighted by Crippen LogP contribution is 2.18. The number of carbonyl (C=O) groups excluding carboxylic acids is 2. The van der Waals surface area contributed by atoms with Crippen LogP contribution in [0.1, 0.15) is 108 Å². The minimum absolute atomic E-state index is 0.00259. The Morgan fingerprint density at radius 3 is 1.67 bits per heavy atom. The molecule has 0 heterocycles. The highest BCUT2D eigenvalue weighted by atomic mass is 16.4. The molecule has 3 aromatic rings. The molecule has 0 aliphatic rings. The van der Waals surface area contributed by atoms with E-state index < -0.39 is 28.8 Å². The normalized spacial score (nSPS) is 10.0. The predicted molar refractivity (Wildman–Crippen MR) is 186 cm³/mol. The van der Waals surface area contributed by atoms with Crippen LogP contribution in [0.5, 0.6) is 0 Å². The van der Waals surface area contributed by atoms with Crippen molar-refractivity contribution in [3.8, 4) is 0 Å². The van der Waals surface area contributed by atoms with E-state index in [9.17, 15) is 29.1 Å². The lowest BCUT2D eigenvalue weighted by Gasteiger charge is -2.15. The SMILES string of the molecule is CC.CC.CCC.CCC.Nc1ccc(C(=O)NCCCC[C@H](NC(=O)c2ccc(Nc3c(N)c(=O)c3=O)cc2)C(=O)O)cc1. The second-order valence-corrected chi connectivity index (χ2v) is 9.30. The number of hydrogen-bond acceptors (Lipinski definition) is 8. The van der Waals surface area contributed by atoms with Gasteiger partial charge in [0.25, 0.3) is 22.7 Å². The molecular weight excluding hydrogens is 574 g/mol. The lowest BCUT2D eigenvalue weighted by atomic mass is 10.1. The maximum Gasteiger partial charge on any atom is 0.326 e. The minimum atomic E-state index is -1.17. The Morgan fingerprint density at radius 2 is 1.20 bits per heavy atom. The summed E-state index contributed by atoms with van der Waals surface area (Å²) in [5.74, 6) is -1.99. The first-order chi connectivity index (χ1) is 21.5. The Kier molecular flexibility index (Phi) is 23.3. The quantitative estimate of drug-likeness (QED) is 0.0858. The smallest absolute Gasteiger partial charge is 0.326 e. The van der Waals surface area contributed by atoms with E-state index in [1.807, 2.05) is 27.7 Å². The lowest BCUT2D eigenvalue weighted by Crippen LogP contribution is -2.40. The third kappa shape index (κ3) is 15.6. The fourth-order valence-electron chi connectivity index (χ4n) is 3.29. The van der Waals surface area contributed by atoms with Gasteiger partial charge in [-0.1, -0.05) is 68.2 Å². The van der Waals surface area contributed by atoms with Crippen LogP contribution in [0.2, 0.25) is 0 Å². The van der Waals surface area contributed by atoms with Crippen molar-refractivity contribution < 1.29 is 19.5 Å². The summed E-state index contributed by atoms with van der Waals surface area (Å²) in [5.41, 5.74) is 11.2. The molecule has 3 rings (SSSR count). The standard InChI is InChI=1S/C24H25N5O6.2C3H8.2C2H6/c25-15-8-4-13(5-9-15)22(32)27-12-2-1-3-17(24(34)35)29-23(33)14-6-10-16(11-7-14)28-19-18(26)20(30)21(19)31;2*1-3-2;2*1-2/h4-11,17,28H,1-3,12,25-26H2,(H,27,32)(H,29,33)(H,34,35);2*3H2,1-2H3;2*1-2H3/t17-;;;;/m0..../s1. The molecule has 0 unspecified atom stereocenters. The third-order valence-electron chi connectivity index (χ3n) is 5.35. The number of unbranched alkanes of at least 4 members (excludes halogenated alkanes) is 1. The zero-order chi connectivity index (χ0) is 34.9. The molecule has 0 spiro atoms. The van der Waals surface area contributed by atoms with Crippen molar-refractivity contribution in [2.24, 2.45) is 0 Å². The van der Waals surface area contributed by atoms with Crippen LogP contribution in [0.25, 0.3) is 0 Å². The van der Waals surface area contributed by atoms with Gasteiger partial charge in [-0.05, 0) is 67.8 Å². The number of nitrogen functional groups attached to an aromatic ring is 2. The van der Waals surface area contributed by atoms with Crippen molar-refractivity contribution in [2.45, 2.75) is 93.5 Å². The van der Waals surface area contributed by atoms with Gasteiger partial charge in [-0.25, -0.2) is 4.79 Å². The van der Waals surface area contributed by atoms with Gasteiger partial charge >= 0.3 is 5.97 Å². The van der Waals surface area contributed by atoms with E-state index in [1.54, 1.807) is 24.3 Å². The van der Waals surface area contributed by atoms with E-state index in [2.05, 4.69) is 43.6 Å². The number of carbonyl (C=O) groups is 3. The van der Waals surface area contributed by atoms with Crippen molar-refractivity contribution in [3.63, 3.8) is 0 Å². The fraction of sp³-hybridized carbons (Fsp3) is 0.441. The van der Waals surface area contributed by atoms with Gasteiger partial charge in [-0.15, -0.1) is 0 Å². The van der Waals surface area contributed by atoms with Crippen molar-refractivity contribution in [2.75, 3.05) is 23.3 Å². The van der Waals surface area contributed by atoms with Gasteiger partial charge in [0.2, 0.25) is 0 Å². The Labute approximate surface area is 267 Å². The molecule has 2 amide bonds. The van der Waals surface area contributed by atoms with E-state index in [1.165, 1.54) is 37.1 Å². The van der Waals surface area contributed by atoms with Gasteiger partial charge in [-0.3, -0.25) is 19.2 Å². The van der Waals surface area contributed by atoms with Crippen LogP contribution in [-0.2, 0) is 4.79 Å². The summed E-state index contributed by atoms with van der Waals surface area (Å²) < 4.78 is 0. The summed E-state index contributed by atoms with van der Waals surface area (Å²) in [5, 5.41) is 17.4. The van der Waals surface area contributed by atoms with E-state index in [4.69, 9.17) is 11.5 Å². The highest BCUT2D eigenvalue weighted by molar-refractivity contribution is 5.97. The van der Waals surface area contributed by atoms with Gasteiger partial charge < -0.3 is 32.5 Å². The summed E-state index contributed by atoms with van der Waals surface area (Å²) in [7, 11) is 0. The Morgan fingerprint density at radius 1 is 0.733 bits per heavy atom. The van der Waals surface area contributed by atoms with Gasteiger partial charge in [0.05, 0.1) is 0 Å². The summed E-state index contributed by atoms with van der Waals surface area (Å²) >= 11 is 0. The van der Waals surface area contributed by atoms with Crippen LogP contribution in [-0.4, -0.2) is 35.5 Å². The van der Waals surface area contributed by atoms with Crippen molar-refractivity contribution in [1.82, 2.24) is 10.6 Å². The maximum absolute atomic E-state index is 12.5. The molecule has 11 nitrogen and oxygen atoms in total. The van der Waals surface area contributed by atoms with Crippen LogP contribution in [0.15, 0.2) is 58.1 Å². The summed E-state index contributed by atoms with van der Waals surface area (Å²) in [6.45, 7) is 16.9. The van der Waals surface area contributed by atoms with Crippen molar-refractivity contribution in [1.29, 1.82) is 0 Å². The molecule has 0 fully saturated rings. The number of hydrogen-bond donors (Lipinski definition) is 6. The highest BCUT2D eigenvalue weighted by Gasteiger charge is 2.21. The average molecular weight is 628 g/mol. The molecule has 0 radical (unpaired) electrons. The van der Waals surface area contributed by atoms with Crippen LogP contribution in [0.3, 0.4) is 0 Å². The molecule has 0 bridgehead atoms. The molecule has 250 valence electrons. The molecule has 0 aliphatic carbocycles. The largest absolute Gasteiger partial charge is 0.480 e. The van der Waals surface area contributed by atoms with Crippen LogP contribution in [0.4, 0.5) is 22.7 Å². The molecule has 11 heteroatoms. The third-order valence-corrected chi connectivity index (χ3v) is 5.35. The van der Waals surface area contributed by atoms with Crippen LogP contribution in [0, 0.1) is 0 Å². The van der Waals surface area contributed by atoms with E-state index in [0.29, 0.717) is 36.3 Å². The Bertz CT molecular complexity index is 1330. The molecule has 8 N–H and O–H groups in total. The van der Waals surface area contributed by atoms with E-state index >= 15 is 0 Å². The summed E-state index contributed by atoms with van der Waals surface area (Å²) in [6.07, 6.45) is 3.67. The molecular formula is C34H53N5O6. The second kappa shape index (κ2) is 24.7. The molecule has 0 saturated carbocycles. The molecule has 0 aliphatic heterocycles. The van der Waals surface area contributed by atoms with Gasteiger partial charge in [-0.2, -0.15) is 0 Å². The number of nitrogens with two attached hydrogens (primary N) is 2. The number of rotatable bonds is 11. The fourth-order valence-corrected chi connectivity index (χ4v) is 3.29. The Balaban J connectivity index is 0. The summed E-state index contributed by atoms with van der Waals surface area (Å²) in [6, 6.07) is 11.3. The zero-order valence-electron chi connectivity index (χ0n) is 28.1. The topological polar surface area (TPSA) is 194 Å². The number of carboxylic acid groups (broad SMARTS) is 1. The number of anilines is 4. The first kappa shape index (κ1) is 42.5. The van der Waals surface area contributed by atoms with Gasteiger partial charge in [0.15, 0.2) is 0 Å². The van der Waals surface area contributed by atoms with Gasteiger partial charge in [0, 0.05) is 29.0 Å². The van der Waals surface area contributed by atoms with Crippen molar-refractivity contribution >= 4 is 40.5 Å². The van der Waals surface area contributed by atoms with E-state index in [-0.39, 0.29) is 29.3 Å². The minimum Gasteiger partial charge on any atom is -0.480 e. The molecule has 0 saturated heterocycles. The van der Waals surface area contributed by atoms with Crippen LogP contribution < -0.4 is 38.3 Å². The number of benzene rings is 2. The van der Waals surface area contributed by atoms with E-state index in [0.717, 1.165) is 0 Å². The number of amides is 2. The lowest BCUT2D eigenvalue weighted by molar-refractivity contribution is -0.139. The number of aliphatic carboxylic acids is 1.